The average Bonchev–Trinajstić information content (AvgIpc) is 2.68. The molecule has 0 bridgehead atoms. The minimum Gasteiger partial charge on any atom is -0.356 e. The third-order valence-electron chi connectivity index (χ3n) is 4.32. The Balaban J connectivity index is 1.84. The lowest BCUT2D eigenvalue weighted by Gasteiger charge is -2.11. The number of hydrogen-bond donors (Lipinski definition) is 2. The number of hydrogen-bond acceptors (Lipinski definition) is 3. The van der Waals surface area contributed by atoms with E-state index in [4.69, 9.17) is 0 Å². The van der Waals surface area contributed by atoms with Crippen molar-refractivity contribution in [3.8, 4) is 0 Å². The Labute approximate surface area is 166 Å². The summed E-state index contributed by atoms with van der Waals surface area (Å²) in [6, 6.07) is 16.9. The van der Waals surface area contributed by atoms with Gasteiger partial charge in [-0.3, -0.25) is 14.4 Å². The number of carbonyl (C=O) groups is 3. The first kappa shape index (κ1) is 21.4. The highest BCUT2D eigenvalue weighted by atomic mass is 16.2. The van der Waals surface area contributed by atoms with Crippen molar-refractivity contribution in [1.29, 1.82) is 0 Å². The third-order valence-corrected chi connectivity index (χ3v) is 4.32. The van der Waals surface area contributed by atoms with E-state index in [2.05, 4.69) is 10.6 Å². The summed E-state index contributed by atoms with van der Waals surface area (Å²) in [5.41, 5.74) is 2.40. The number of carbonyl (C=O) groups excluding carboxylic acids is 3. The molecule has 0 saturated carbocycles. The van der Waals surface area contributed by atoms with Gasteiger partial charge in [0.2, 0.25) is 11.8 Å². The van der Waals surface area contributed by atoms with Crippen LogP contribution in [0, 0.1) is 0 Å². The van der Waals surface area contributed by atoms with Crippen molar-refractivity contribution in [2.45, 2.75) is 45.4 Å². The molecular weight excluding hydrogens is 352 g/mol. The van der Waals surface area contributed by atoms with Crippen LogP contribution in [0.5, 0.6) is 0 Å². The van der Waals surface area contributed by atoms with Gasteiger partial charge in [0, 0.05) is 31.5 Å². The summed E-state index contributed by atoms with van der Waals surface area (Å²) >= 11 is 0. The predicted octanol–water partition coefficient (Wildman–Crippen LogP) is 3.68. The quantitative estimate of drug-likeness (QED) is 0.624. The van der Waals surface area contributed by atoms with Crippen molar-refractivity contribution in [3.05, 3.63) is 65.7 Å². The zero-order valence-corrected chi connectivity index (χ0v) is 16.4. The zero-order valence-electron chi connectivity index (χ0n) is 16.4. The number of benzene rings is 2. The lowest BCUT2D eigenvalue weighted by Crippen LogP contribution is -2.23. The Morgan fingerprint density at radius 3 is 2.29 bits per heavy atom. The monoisotopic (exact) mass is 380 g/mol. The van der Waals surface area contributed by atoms with E-state index >= 15 is 0 Å². The number of Topliss-reactive ketones (excluding diaryl/α,β-unsaturated/α-hetero) is 1. The Bertz CT molecular complexity index is 787. The summed E-state index contributed by atoms with van der Waals surface area (Å²) in [6.07, 6.45) is 2.69. The molecule has 0 aliphatic rings. The van der Waals surface area contributed by atoms with Crippen LogP contribution >= 0.6 is 0 Å². The van der Waals surface area contributed by atoms with Gasteiger partial charge in [-0.05, 0) is 30.0 Å². The Hall–Kier alpha value is -2.95. The molecule has 2 rings (SSSR count). The topological polar surface area (TPSA) is 75.3 Å². The molecule has 148 valence electrons. The third kappa shape index (κ3) is 7.74. The summed E-state index contributed by atoms with van der Waals surface area (Å²) in [7, 11) is 0. The van der Waals surface area contributed by atoms with Gasteiger partial charge in [0.1, 0.15) is 5.78 Å². The summed E-state index contributed by atoms with van der Waals surface area (Å²) in [5, 5.41) is 5.72. The molecule has 0 fully saturated rings. The van der Waals surface area contributed by atoms with Crippen LogP contribution in [0.15, 0.2) is 54.6 Å². The van der Waals surface area contributed by atoms with Crippen LogP contribution in [-0.2, 0) is 27.2 Å². The van der Waals surface area contributed by atoms with Gasteiger partial charge in [-0.2, -0.15) is 0 Å². The van der Waals surface area contributed by atoms with Crippen LogP contribution < -0.4 is 10.6 Å². The molecule has 0 spiro atoms. The summed E-state index contributed by atoms with van der Waals surface area (Å²) < 4.78 is 0. The lowest BCUT2D eigenvalue weighted by atomic mass is 10.0. The van der Waals surface area contributed by atoms with Crippen molar-refractivity contribution >= 4 is 23.3 Å². The molecule has 0 saturated heterocycles. The van der Waals surface area contributed by atoms with Gasteiger partial charge in [0.15, 0.2) is 0 Å². The molecule has 0 aliphatic heterocycles. The van der Waals surface area contributed by atoms with Crippen molar-refractivity contribution in [2.24, 2.45) is 0 Å². The van der Waals surface area contributed by atoms with Crippen LogP contribution in [0.25, 0.3) is 0 Å². The van der Waals surface area contributed by atoms with Crippen LogP contribution in [0.1, 0.15) is 43.7 Å². The second-order valence-corrected chi connectivity index (χ2v) is 6.79. The van der Waals surface area contributed by atoms with E-state index in [1.165, 1.54) is 0 Å². The molecule has 0 unspecified atom stereocenters. The largest absolute Gasteiger partial charge is 0.356 e. The first-order valence-corrected chi connectivity index (χ1v) is 9.78. The maximum absolute atomic E-state index is 12.3. The minimum atomic E-state index is -0.112. The van der Waals surface area contributed by atoms with Gasteiger partial charge >= 0.3 is 0 Å². The Morgan fingerprint density at radius 2 is 1.54 bits per heavy atom. The lowest BCUT2D eigenvalue weighted by molar-refractivity contribution is -0.121. The molecular formula is C23H28N2O3. The van der Waals surface area contributed by atoms with Gasteiger partial charge in [-0.1, -0.05) is 55.5 Å². The SMILES string of the molecule is CCCNC(=O)CCCC(=O)Cc1ccccc1NC(=O)Cc1ccccc1. The van der Waals surface area contributed by atoms with Crippen molar-refractivity contribution in [3.63, 3.8) is 0 Å². The number of nitrogens with one attached hydrogen (secondary N) is 2. The average molecular weight is 380 g/mol. The first-order valence-electron chi connectivity index (χ1n) is 9.78. The van der Waals surface area contributed by atoms with Gasteiger partial charge in [0.05, 0.1) is 6.42 Å². The van der Waals surface area contributed by atoms with Crippen LogP contribution in [0.2, 0.25) is 0 Å². The molecule has 2 aromatic carbocycles. The predicted molar refractivity (Wildman–Crippen MR) is 111 cm³/mol. The maximum Gasteiger partial charge on any atom is 0.228 e. The standard InChI is InChI=1S/C23H28N2O3/c1-2-15-24-22(27)14-8-12-20(26)17-19-11-6-7-13-21(19)25-23(28)16-18-9-4-3-5-10-18/h3-7,9-11,13H,2,8,12,14-17H2,1H3,(H,24,27)(H,25,28). The number of amides is 2. The normalized spacial score (nSPS) is 10.3. The molecule has 5 nitrogen and oxygen atoms in total. The first-order chi connectivity index (χ1) is 13.6. The van der Waals surface area contributed by atoms with E-state index < -0.39 is 0 Å². The van der Waals surface area contributed by atoms with Crippen LogP contribution in [-0.4, -0.2) is 24.1 Å². The highest BCUT2D eigenvalue weighted by Crippen LogP contribution is 2.17. The maximum atomic E-state index is 12.3. The number of anilines is 1. The molecule has 2 N–H and O–H groups in total. The fraction of sp³-hybridized carbons (Fsp3) is 0.348. The van der Waals surface area contributed by atoms with E-state index in [0.717, 1.165) is 17.5 Å². The van der Waals surface area contributed by atoms with E-state index in [0.29, 0.717) is 31.5 Å². The second kappa shape index (κ2) is 11.7. The van der Waals surface area contributed by atoms with Crippen LogP contribution in [0.3, 0.4) is 0 Å². The number of rotatable bonds is 11. The highest BCUT2D eigenvalue weighted by molar-refractivity contribution is 5.94. The zero-order chi connectivity index (χ0) is 20.2. The molecule has 2 aromatic rings. The molecule has 2 amide bonds. The Kier molecular flexibility index (Phi) is 8.92. The number of ketones is 1. The highest BCUT2D eigenvalue weighted by Gasteiger charge is 2.11. The fourth-order valence-electron chi connectivity index (χ4n) is 2.87. The smallest absolute Gasteiger partial charge is 0.228 e. The molecule has 0 heterocycles. The van der Waals surface area contributed by atoms with Crippen LogP contribution in [0.4, 0.5) is 5.69 Å². The molecule has 0 radical (unpaired) electrons. The number of para-hydroxylation sites is 1. The van der Waals surface area contributed by atoms with Crippen molar-refractivity contribution < 1.29 is 14.4 Å². The van der Waals surface area contributed by atoms with E-state index in [1.54, 1.807) is 0 Å². The minimum absolute atomic E-state index is 0.0109. The second-order valence-electron chi connectivity index (χ2n) is 6.79. The van der Waals surface area contributed by atoms with Crippen molar-refractivity contribution in [2.75, 3.05) is 11.9 Å². The molecule has 0 aromatic heterocycles. The van der Waals surface area contributed by atoms with E-state index in [-0.39, 0.29) is 30.4 Å². The van der Waals surface area contributed by atoms with E-state index in [9.17, 15) is 14.4 Å². The summed E-state index contributed by atoms with van der Waals surface area (Å²) in [4.78, 5) is 36.2. The van der Waals surface area contributed by atoms with Gasteiger partial charge in [-0.25, -0.2) is 0 Å². The summed E-state index contributed by atoms with van der Waals surface area (Å²) in [5.74, 6) is -0.0602. The van der Waals surface area contributed by atoms with Gasteiger partial charge < -0.3 is 10.6 Å². The molecule has 0 atom stereocenters. The molecule has 28 heavy (non-hydrogen) atoms. The van der Waals surface area contributed by atoms with E-state index in [1.807, 2.05) is 61.5 Å². The Morgan fingerprint density at radius 1 is 0.821 bits per heavy atom. The molecule has 5 heteroatoms. The van der Waals surface area contributed by atoms with Crippen molar-refractivity contribution in [1.82, 2.24) is 5.32 Å². The molecule has 0 aliphatic carbocycles. The summed E-state index contributed by atoms with van der Waals surface area (Å²) in [6.45, 7) is 2.67. The van der Waals surface area contributed by atoms with Gasteiger partial charge in [-0.15, -0.1) is 0 Å². The van der Waals surface area contributed by atoms with Gasteiger partial charge in [0.25, 0.3) is 0 Å². The fourth-order valence-corrected chi connectivity index (χ4v) is 2.87.